The van der Waals surface area contributed by atoms with Crippen LogP contribution in [0.5, 0.6) is 0 Å². The zero-order chi connectivity index (χ0) is 14.0. The van der Waals surface area contributed by atoms with Gasteiger partial charge in [0.25, 0.3) is 5.91 Å². The van der Waals surface area contributed by atoms with Gasteiger partial charge in [-0.2, -0.15) is 0 Å². The van der Waals surface area contributed by atoms with Gasteiger partial charge in [-0.15, -0.1) is 0 Å². The fraction of sp³-hybridized carbons (Fsp3) is 0.308. The van der Waals surface area contributed by atoms with Gasteiger partial charge in [-0.25, -0.2) is 4.79 Å². The molecule has 1 aliphatic rings. The highest BCUT2D eigenvalue weighted by Crippen LogP contribution is 2.18. The van der Waals surface area contributed by atoms with E-state index in [0.717, 1.165) is 0 Å². The Kier molecular flexibility index (Phi) is 3.50. The number of carboxylic acid groups (broad SMARTS) is 1. The molecule has 3 N–H and O–H groups in total. The van der Waals surface area contributed by atoms with Gasteiger partial charge in [-0.3, -0.25) is 9.59 Å². The Morgan fingerprint density at radius 3 is 2.53 bits per heavy atom. The monoisotopic (exact) mass is 262 g/mol. The number of benzene rings is 1. The normalized spacial score (nSPS) is 18.3. The van der Waals surface area contributed by atoms with Crippen LogP contribution in [0.1, 0.15) is 27.1 Å². The summed E-state index contributed by atoms with van der Waals surface area (Å²) in [5.41, 5.74) is 5.58. The Balaban J connectivity index is 2.14. The van der Waals surface area contributed by atoms with Crippen LogP contribution in [0.4, 0.5) is 0 Å². The molecule has 1 saturated heterocycles. The summed E-state index contributed by atoms with van der Waals surface area (Å²) in [4.78, 5) is 35.6. The molecule has 1 unspecified atom stereocenters. The molecule has 6 heteroatoms. The van der Waals surface area contributed by atoms with Crippen LogP contribution in [0.15, 0.2) is 24.3 Å². The van der Waals surface area contributed by atoms with E-state index >= 15 is 0 Å². The molecular weight excluding hydrogens is 248 g/mol. The maximum atomic E-state index is 12.2. The first kappa shape index (κ1) is 13.1. The average molecular weight is 262 g/mol. The lowest BCUT2D eigenvalue weighted by Gasteiger charge is -2.16. The Morgan fingerprint density at radius 2 is 1.95 bits per heavy atom. The maximum Gasteiger partial charge on any atom is 0.335 e. The van der Waals surface area contributed by atoms with Crippen LogP contribution >= 0.6 is 0 Å². The summed E-state index contributed by atoms with van der Waals surface area (Å²) >= 11 is 0. The van der Waals surface area contributed by atoms with Gasteiger partial charge >= 0.3 is 5.97 Å². The number of hydrogen-bond acceptors (Lipinski definition) is 3. The standard InChI is InChI=1S/C13H14N2O4/c14-11(16)10-4-5-15(7-10)12(17)8-2-1-3-9(6-8)13(18)19/h1-3,6,10H,4-5,7H2,(H2,14,16)(H,18,19). The molecule has 0 bridgehead atoms. The highest BCUT2D eigenvalue weighted by atomic mass is 16.4. The van der Waals surface area contributed by atoms with Crippen LogP contribution in [0.2, 0.25) is 0 Å². The summed E-state index contributed by atoms with van der Waals surface area (Å²) in [6, 6.07) is 5.85. The van der Waals surface area contributed by atoms with E-state index in [4.69, 9.17) is 10.8 Å². The van der Waals surface area contributed by atoms with Gasteiger partial charge < -0.3 is 15.7 Å². The molecule has 0 aliphatic carbocycles. The minimum Gasteiger partial charge on any atom is -0.478 e. The number of primary amides is 1. The lowest BCUT2D eigenvalue weighted by molar-refractivity contribution is -0.121. The first-order chi connectivity index (χ1) is 8.99. The van der Waals surface area contributed by atoms with E-state index < -0.39 is 11.9 Å². The van der Waals surface area contributed by atoms with Crippen molar-refractivity contribution in [3.63, 3.8) is 0 Å². The van der Waals surface area contributed by atoms with E-state index in [1.54, 1.807) is 6.07 Å². The van der Waals surface area contributed by atoms with Gasteiger partial charge in [0.1, 0.15) is 0 Å². The molecule has 2 amide bonds. The van der Waals surface area contributed by atoms with Gasteiger partial charge in [-0.1, -0.05) is 6.07 Å². The summed E-state index contributed by atoms with van der Waals surface area (Å²) in [5, 5.41) is 8.89. The molecule has 0 aromatic heterocycles. The fourth-order valence-corrected chi connectivity index (χ4v) is 2.14. The largest absolute Gasteiger partial charge is 0.478 e. The number of carbonyl (C=O) groups excluding carboxylic acids is 2. The van der Waals surface area contributed by atoms with E-state index in [1.165, 1.54) is 23.1 Å². The smallest absolute Gasteiger partial charge is 0.335 e. The Hall–Kier alpha value is -2.37. The molecule has 0 radical (unpaired) electrons. The molecule has 0 saturated carbocycles. The van der Waals surface area contributed by atoms with Crippen molar-refractivity contribution in [3.8, 4) is 0 Å². The van der Waals surface area contributed by atoms with Gasteiger partial charge in [0, 0.05) is 18.7 Å². The zero-order valence-electron chi connectivity index (χ0n) is 10.2. The van der Waals surface area contributed by atoms with Crippen LogP contribution in [0, 0.1) is 5.92 Å². The second-order valence-electron chi connectivity index (χ2n) is 4.53. The summed E-state index contributed by atoms with van der Waals surface area (Å²) in [6.07, 6.45) is 0.555. The molecular formula is C13H14N2O4. The number of hydrogen-bond donors (Lipinski definition) is 2. The number of nitrogens with zero attached hydrogens (tertiary/aromatic N) is 1. The molecule has 1 heterocycles. The van der Waals surface area contributed by atoms with Crippen LogP contribution in [0.25, 0.3) is 0 Å². The molecule has 1 atom stereocenters. The molecule has 0 spiro atoms. The van der Waals surface area contributed by atoms with Crippen molar-refractivity contribution in [2.24, 2.45) is 11.7 Å². The van der Waals surface area contributed by atoms with Crippen molar-refractivity contribution in [1.82, 2.24) is 4.90 Å². The molecule has 1 aromatic carbocycles. The third kappa shape index (κ3) is 2.73. The summed E-state index contributed by atoms with van der Waals surface area (Å²) in [5.74, 6) is -2.07. The Morgan fingerprint density at radius 1 is 1.26 bits per heavy atom. The lowest BCUT2D eigenvalue weighted by atomic mass is 10.1. The summed E-state index contributed by atoms with van der Waals surface area (Å²) in [7, 11) is 0. The Bertz CT molecular complexity index is 541. The van der Waals surface area contributed by atoms with Gasteiger partial charge in [0.2, 0.25) is 5.91 Å². The number of likely N-dealkylation sites (tertiary alicyclic amines) is 1. The predicted molar refractivity (Wildman–Crippen MR) is 66.6 cm³/mol. The first-order valence-corrected chi connectivity index (χ1v) is 5.91. The molecule has 2 rings (SSSR count). The van der Waals surface area contributed by atoms with E-state index in [9.17, 15) is 14.4 Å². The number of carbonyl (C=O) groups is 3. The fourth-order valence-electron chi connectivity index (χ4n) is 2.14. The van der Waals surface area contributed by atoms with Crippen LogP contribution in [-0.2, 0) is 4.79 Å². The van der Waals surface area contributed by atoms with E-state index in [1.807, 2.05) is 0 Å². The molecule has 100 valence electrons. The van der Waals surface area contributed by atoms with Crippen molar-refractivity contribution in [2.75, 3.05) is 13.1 Å². The number of rotatable bonds is 3. The first-order valence-electron chi connectivity index (χ1n) is 5.91. The lowest BCUT2D eigenvalue weighted by Crippen LogP contribution is -2.31. The Labute approximate surface area is 109 Å². The maximum absolute atomic E-state index is 12.2. The van der Waals surface area contributed by atoms with E-state index in [-0.39, 0.29) is 17.4 Å². The van der Waals surface area contributed by atoms with Crippen molar-refractivity contribution in [2.45, 2.75) is 6.42 Å². The van der Waals surface area contributed by atoms with Gasteiger partial charge in [-0.05, 0) is 24.6 Å². The minimum atomic E-state index is -1.08. The summed E-state index contributed by atoms with van der Waals surface area (Å²) < 4.78 is 0. The SMILES string of the molecule is NC(=O)C1CCN(C(=O)c2cccc(C(=O)O)c2)C1. The summed E-state index contributed by atoms with van der Waals surface area (Å²) in [6.45, 7) is 0.759. The third-order valence-corrected chi connectivity index (χ3v) is 3.23. The van der Waals surface area contributed by atoms with Crippen molar-refractivity contribution in [1.29, 1.82) is 0 Å². The van der Waals surface area contributed by atoms with Gasteiger partial charge in [0.15, 0.2) is 0 Å². The molecule has 1 aromatic rings. The third-order valence-electron chi connectivity index (χ3n) is 3.23. The van der Waals surface area contributed by atoms with Crippen molar-refractivity contribution in [3.05, 3.63) is 35.4 Å². The van der Waals surface area contributed by atoms with Crippen LogP contribution < -0.4 is 5.73 Å². The van der Waals surface area contributed by atoms with Crippen LogP contribution in [0.3, 0.4) is 0 Å². The van der Waals surface area contributed by atoms with Crippen LogP contribution in [-0.4, -0.2) is 40.9 Å². The minimum absolute atomic E-state index is 0.0662. The zero-order valence-corrected chi connectivity index (χ0v) is 10.2. The quantitative estimate of drug-likeness (QED) is 0.819. The number of amides is 2. The molecule has 6 nitrogen and oxygen atoms in total. The highest BCUT2D eigenvalue weighted by molar-refractivity contribution is 5.98. The predicted octanol–water partition coefficient (Wildman–Crippen LogP) is 0.332. The number of aromatic carboxylic acids is 1. The second kappa shape index (κ2) is 5.09. The number of carboxylic acids is 1. The second-order valence-corrected chi connectivity index (χ2v) is 4.53. The molecule has 1 fully saturated rings. The topological polar surface area (TPSA) is 101 Å². The van der Waals surface area contributed by atoms with E-state index in [0.29, 0.717) is 25.1 Å². The van der Waals surface area contributed by atoms with Crippen molar-refractivity contribution >= 4 is 17.8 Å². The average Bonchev–Trinajstić information content (AvgIpc) is 2.87. The van der Waals surface area contributed by atoms with E-state index in [2.05, 4.69) is 0 Å². The number of nitrogens with two attached hydrogens (primary N) is 1. The molecule has 1 aliphatic heterocycles. The highest BCUT2D eigenvalue weighted by Gasteiger charge is 2.30. The van der Waals surface area contributed by atoms with Gasteiger partial charge in [0.05, 0.1) is 11.5 Å². The molecule has 19 heavy (non-hydrogen) atoms. The van der Waals surface area contributed by atoms with Crippen molar-refractivity contribution < 1.29 is 19.5 Å².